The molecule has 0 bridgehead atoms. The van der Waals surface area contributed by atoms with Crippen LogP contribution in [0.4, 0.5) is 5.69 Å². The summed E-state index contributed by atoms with van der Waals surface area (Å²) in [5.74, 6) is -0.610. The van der Waals surface area contributed by atoms with Crippen molar-refractivity contribution < 1.29 is 18.0 Å². The molecule has 0 aliphatic carbocycles. The quantitative estimate of drug-likeness (QED) is 0.423. The molecular weight excluding hydrogens is 462 g/mol. The maximum Gasteiger partial charge on any atom is 0.244 e. The van der Waals surface area contributed by atoms with Crippen LogP contribution >= 0.6 is 0 Å². The number of anilines is 1. The number of hydrogen-bond acceptors (Lipinski definition) is 4. The van der Waals surface area contributed by atoms with E-state index in [-0.39, 0.29) is 12.5 Å². The van der Waals surface area contributed by atoms with Gasteiger partial charge in [0.25, 0.3) is 0 Å². The fraction of sp³-hybridized carbons (Fsp3) is 0.481. The van der Waals surface area contributed by atoms with Crippen molar-refractivity contribution in [3.8, 4) is 0 Å². The number of carbonyl (C=O) groups excluding carboxylic acids is 2. The molecule has 2 rings (SSSR count). The van der Waals surface area contributed by atoms with Gasteiger partial charge in [0.2, 0.25) is 21.8 Å². The highest BCUT2D eigenvalue weighted by Gasteiger charge is 2.31. The first-order valence-corrected chi connectivity index (χ1v) is 14.1. The van der Waals surface area contributed by atoms with E-state index >= 15 is 0 Å². The summed E-state index contributed by atoms with van der Waals surface area (Å²) in [5.41, 5.74) is 3.45. The van der Waals surface area contributed by atoms with Crippen molar-refractivity contribution in [3.63, 3.8) is 0 Å². The molecule has 2 aromatic rings. The van der Waals surface area contributed by atoms with Crippen molar-refractivity contribution in [2.75, 3.05) is 30.2 Å². The van der Waals surface area contributed by atoms with E-state index in [9.17, 15) is 18.0 Å². The van der Waals surface area contributed by atoms with E-state index in [4.69, 9.17) is 0 Å². The average Bonchev–Trinajstić information content (AvgIpc) is 2.82. The number of unbranched alkanes of at least 4 members (excludes halogenated alkanes) is 1. The second-order valence-electron chi connectivity index (χ2n) is 8.93. The van der Waals surface area contributed by atoms with Gasteiger partial charge in [-0.2, -0.15) is 0 Å². The third-order valence-electron chi connectivity index (χ3n) is 6.16. The number of rotatable bonds is 13. The lowest BCUT2D eigenvalue weighted by Gasteiger charge is -2.33. The zero-order chi connectivity index (χ0) is 26.0. The summed E-state index contributed by atoms with van der Waals surface area (Å²) in [6.07, 6.45) is 3.90. The fourth-order valence-electron chi connectivity index (χ4n) is 3.90. The lowest BCUT2D eigenvalue weighted by atomic mass is 10.1. The number of nitrogens with zero attached hydrogens (tertiary/aromatic N) is 2. The van der Waals surface area contributed by atoms with Crippen molar-refractivity contribution in [2.24, 2.45) is 0 Å². The Kier molecular flexibility index (Phi) is 10.8. The van der Waals surface area contributed by atoms with Gasteiger partial charge in [-0.25, -0.2) is 8.42 Å². The summed E-state index contributed by atoms with van der Waals surface area (Å²) in [7, 11) is -3.73. The molecule has 2 aromatic carbocycles. The van der Waals surface area contributed by atoms with Crippen LogP contribution in [0.2, 0.25) is 0 Å². The first-order valence-electron chi connectivity index (χ1n) is 12.2. The van der Waals surface area contributed by atoms with Crippen LogP contribution in [0.15, 0.2) is 48.5 Å². The summed E-state index contributed by atoms with van der Waals surface area (Å²) in [5, 5.41) is 2.93. The molecule has 7 nitrogen and oxygen atoms in total. The number of sulfonamides is 1. The molecule has 0 heterocycles. The molecule has 0 saturated heterocycles. The van der Waals surface area contributed by atoms with E-state index < -0.39 is 22.0 Å². The molecule has 0 radical (unpaired) electrons. The molecular formula is C27H39N3O4S. The van der Waals surface area contributed by atoms with Crippen molar-refractivity contribution in [2.45, 2.75) is 59.4 Å². The smallest absolute Gasteiger partial charge is 0.244 e. The average molecular weight is 502 g/mol. The van der Waals surface area contributed by atoms with Crippen LogP contribution in [0.25, 0.3) is 0 Å². The maximum atomic E-state index is 13.6. The van der Waals surface area contributed by atoms with E-state index in [1.807, 2.05) is 64.1 Å². The Balaban J connectivity index is 2.34. The topological polar surface area (TPSA) is 86.8 Å². The number of aryl methyl sites for hydroxylation is 2. The third-order valence-corrected chi connectivity index (χ3v) is 7.30. The first-order chi connectivity index (χ1) is 16.6. The summed E-state index contributed by atoms with van der Waals surface area (Å²) in [6, 6.07) is 14.4. The maximum absolute atomic E-state index is 13.6. The Morgan fingerprint density at radius 3 is 2.26 bits per heavy atom. The van der Waals surface area contributed by atoms with Gasteiger partial charge in [0.15, 0.2) is 0 Å². The lowest BCUT2D eigenvalue weighted by molar-refractivity contribution is -0.139. The van der Waals surface area contributed by atoms with Crippen molar-refractivity contribution >= 4 is 27.5 Å². The van der Waals surface area contributed by atoms with E-state index in [0.29, 0.717) is 31.6 Å². The summed E-state index contributed by atoms with van der Waals surface area (Å²) < 4.78 is 26.5. The van der Waals surface area contributed by atoms with E-state index in [1.54, 1.807) is 12.1 Å². The Morgan fingerprint density at radius 2 is 1.69 bits per heavy atom. The van der Waals surface area contributed by atoms with Crippen LogP contribution in [0, 0.1) is 13.8 Å². The molecule has 8 heteroatoms. The highest BCUT2D eigenvalue weighted by molar-refractivity contribution is 7.92. The van der Waals surface area contributed by atoms with Gasteiger partial charge in [-0.3, -0.25) is 13.9 Å². The minimum Gasteiger partial charge on any atom is -0.354 e. The monoisotopic (exact) mass is 501 g/mol. The number of nitrogens with one attached hydrogen (secondary N) is 1. The zero-order valence-corrected chi connectivity index (χ0v) is 22.4. The number of hydrogen-bond donors (Lipinski definition) is 1. The van der Waals surface area contributed by atoms with Gasteiger partial charge in [0.05, 0.1) is 11.9 Å². The van der Waals surface area contributed by atoms with Gasteiger partial charge in [-0.1, -0.05) is 56.7 Å². The van der Waals surface area contributed by atoms with Crippen molar-refractivity contribution in [1.82, 2.24) is 10.2 Å². The zero-order valence-electron chi connectivity index (χ0n) is 21.6. The van der Waals surface area contributed by atoms with Crippen LogP contribution in [0.5, 0.6) is 0 Å². The van der Waals surface area contributed by atoms with Gasteiger partial charge in [0.1, 0.15) is 12.6 Å². The summed E-state index contributed by atoms with van der Waals surface area (Å²) >= 11 is 0. The molecule has 0 aliphatic rings. The molecule has 192 valence electrons. The van der Waals surface area contributed by atoms with E-state index in [1.165, 1.54) is 4.90 Å². The molecule has 1 N–H and O–H groups in total. The highest BCUT2D eigenvalue weighted by atomic mass is 32.2. The summed E-state index contributed by atoms with van der Waals surface area (Å²) in [4.78, 5) is 28.2. The van der Waals surface area contributed by atoms with Gasteiger partial charge in [-0.05, 0) is 61.9 Å². The minimum absolute atomic E-state index is 0.209. The molecule has 0 fully saturated rings. The molecule has 0 aliphatic heterocycles. The standard InChI is InChI=1S/C27H39N3O4S/c1-6-8-17-28-27(32)25(7-2)29(18-16-23-12-10-9-11-13-23)26(31)20-30(35(5,33)34)24-15-14-21(3)22(4)19-24/h9-15,19,25H,6-8,16-18,20H2,1-5H3,(H,28,32). The van der Waals surface area contributed by atoms with E-state index in [2.05, 4.69) is 5.32 Å². The Bertz CT molecular complexity index is 1090. The Hall–Kier alpha value is -2.87. The van der Waals surface area contributed by atoms with E-state index in [0.717, 1.165) is 40.1 Å². The number of benzene rings is 2. The van der Waals surface area contributed by atoms with Gasteiger partial charge >= 0.3 is 0 Å². The van der Waals surface area contributed by atoms with Crippen LogP contribution < -0.4 is 9.62 Å². The van der Waals surface area contributed by atoms with Crippen LogP contribution in [-0.4, -0.2) is 57.1 Å². The first kappa shape index (κ1) is 28.4. The minimum atomic E-state index is -3.73. The van der Waals surface area contributed by atoms with Gasteiger partial charge in [-0.15, -0.1) is 0 Å². The SMILES string of the molecule is CCCCNC(=O)C(CC)N(CCc1ccccc1)C(=O)CN(c1ccc(C)c(C)c1)S(C)(=O)=O. The molecule has 2 amide bonds. The predicted molar refractivity (Wildman–Crippen MR) is 142 cm³/mol. The molecule has 0 aromatic heterocycles. The Morgan fingerprint density at radius 1 is 1.00 bits per heavy atom. The number of carbonyl (C=O) groups is 2. The predicted octanol–water partition coefficient (Wildman–Crippen LogP) is 3.84. The third kappa shape index (κ3) is 8.38. The molecule has 0 saturated carbocycles. The largest absolute Gasteiger partial charge is 0.354 e. The lowest BCUT2D eigenvalue weighted by Crippen LogP contribution is -2.53. The van der Waals surface area contributed by atoms with Crippen LogP contribution in [0.1, 0.15) is 49.8 Å². The Labute approximate surface area is 210 Å². The molecule has 1 unspecified atom stereocenters. The second-order valence-corrected chi connectivity index (χ2v) is 10.8. The van der Waals surface area contributed by atoms with Gasteiger partial charge in [0, 0.05) is 13.1 Å². The van der Waals surface area contributed by atoms with Crippen molar-refractivity contribution in [3.05, 3.63) is 65.2 Å². The van der Waals surface area contributed by atoms with Gasteiger partial charge < -0.3 is 10.2 Å². The summed E-state index contributed by atoms with van der Waals surface area (Å²) in [6.45, 7) is 8.26. The molecule has 1 atom stereocenters. The fourth-order valence-corrected chi connectivity index (χ4v) is 4.74. The molecule has 35 heavy (non-hydrogen) atoms. The van der Waals surface area contributed by atoms with Crippen LogP contribution in [-0.2, 0) is 26.0 Å². The molecule has 0 spiro atoms. The second kappa shape index (κ2) is 13.3. The normalized spacial score (nSPS) is 12.1. The highest BCUT2D eigenvalue weighted by Crippen LogP contribution is 2.22. The van der Waals surface area contributed by atoms with Crippen LogP contribution in [0.3, 0.4) is 0 Å². The van der Waals surface area contributed by atoms with Crippen molar-refractivity contribution in [1.29, 1.82) is 0 Å². The number of amides is 2.